The molecule has 0 aromatic carbocycles. The average molecular weight is 316 g/mol. The summed E-state index contributed by atoms with van der Waals surface area (Å²) in [5, 5.41) is 29.4. The Morgan fingerprint density at radius 1 is 1.32 bits per heavy atom. The lowest BCUT2D eigenvalue weighted by atomic mass is 10.1. The lowest BCUT2D eigenvalue weighted by molar-refractivity contribution is -0.921. The average Bonchev–Trinajstić information content (AvgIpc) is 3.11. The highest BCUT2D eigenvalue weighted by molar-refractivity contribution is 5.99. The molecule has 2 amide bonds. The Hall–Kier alpha value is -1.40. The van der Waals surface area contributed by atoms with Crippen LogP contribution in [-0.4, -0.2) is 82.4 Å². The highest BCUT2D eigenvalue weighted by Crippen LogP contribution is 2.36. The second kappa shape index (κ2) is 5.66. The van der Waals surface area contributed by atoms with Crippen LogP contribution < -0.4 is 5.73 Å². The summed E-state index contributed by atoms with van der Waals surface area (Å²) in [5.74, 6) is 0.00323. The van der Waals surface area contributed by atoms with Gasteiger partial charge >= 0.3 is 12.4 Å². The molecule has 2 saturated heterocycles. The molecule has 0 saturated carbocycles. The number of ether oxygens (including phenoxy) is 3. The molecular formula is C12H18N3O7+. The van der Waals surface area contributed by atoms with E-state index in [0.29, 0.717) is 0 Å². The Labute approximate surface area is 125 Å². The number of quaternary nitrogens is 1. The van der Waals surface area contributed by atoms with E-state index in [1.165, 1.54) is 12.3 Å². The highest BCUT2D eigenvalue weighted by Gasteiger charge is 2.62. The van der Waals surface area contributed by atoms with E-state index in [-0.39, 0.29) is 19.0 Å². The third-order valence-corrected chi connectivity index (χ3v) is 3.94. The van der Waals surface area contributed by atoms with Gasteiger partial charge in [0.25, 0.3) is 0 Å². The van der Waals surface area contributed by atoms with Crippen molar-refractivity contribution >= 4 is 11.9 Å². The van der Waals surface area contributed by atoms with Crippen molar-refractivity contribution in [2.45, 2.75) is 31.0 Å². The summed E-state index contributed by atoms with van der Waals surface area (Å²) < 4.78 is 15.5. The van der Waals surface area contributed by atoms with Crippen molar-refractivity contribution in [1.82, 2.24) is 0 Å². The first kappa shape index (κ1) is 15.5. The Kier molecular flexibility index (Phi) is 3.99. The summed E-state index contributed by atoms with van der Waals surface area (Å²) >= 11 is 0. The molecule has 5 atom stereocenters. The Balaban J connectivity index is 2.00. The number of aliphatic hydroxyl groups is 3. The number of hydrogen-bond donors (Lipinski definition) is 4. The third-order valence-electron chi connectivity index (χ3n) is 3.94. The SMILES string of the molecule is NC1=NC(=O)[N+](C2OCCO2)([C@@H]2O[C@H](CO)[C@@H](O)[C@H]2O)C=C1. The van der Waals surface area contributed by atoms with Gasteiger partial charge in [-0.1, -0.05) is 0 Å². The summed E-state index contributed by atoms with van der Waals surface area (Å²) in [5.41, 5.74) is 5.52. The first-order valence-corrected chi connectivity index (χ1v) is 6.82. The zero-order chi connectivity index (χ0) is 15.9. The monoisotopic (exact) mass is 316 g/mol. The largest absolute Gasteiger partial charge is 0.455 e. The number of aliphatic imine (C=N–C) groups is 1. The van der Waals surface area contributed by atoms with Crippen LogP contribution in [0.4, 0.5) is 4.79 Å². The molecule has 5 N–H and O–H groups in total. The number of urea groups is 1. The number of rotatable bonds is 3. The van der Waals surface area contributed by atoms with Crippen LogP contribution >= 0.6 is 0 Å². The summed E-state index contributed by atoms with van der Waals surface area (Å²) in [6.45, 7) is 0.0178. The van der Waals surface area contributed by atoms with Gasteiger partial charge in [-0.25, -0.2) is 4.79 Å². The van der Waals surface area contributed by atoms with Gasteiger partial charge in [-0.3, -0.25) is 0 Å². The zero-order valence-electron chi connectivity index (χ0n) is 11.6. The zero-order valence-corrected chi connectivity index (χ0v) is 11.6. The number of amidine groups is 1. The van der Waals surface area contributed by atoms with Crippen molar-refractivity contribution in [2.24, 2.45) is 10.7 Å². The van der Waals surface area contributed by atoms with E-state index < -0.39 is 48.1 Å². The molecule has 0 spiro atoms. The van der Waals surface area contributed by atoms with E-state index in [0.717, 1.165) is 0 Å². The van der Waals surface area contributed by atoms with Crippen LogP contribution in [0.2, 0.25) is 0 Å². The van der Waals surface area contributed by atoms with E-state index in [9.17, 15) is 20.1 Å². The molecular weight excluding hydrogens is 298 g/mol. The number of carbonyl (C=O) groups excluding carboxylic acids is 1. The first-order chi connectivity index (χ1) is 10.5. The van der Waals surface area contributed by atoms with Crippen LogP contribution in [0.5, 0.6) is 0 Å². The molecule has 0 bridgehead atoms. The van der Waals surface area contributed by atoms with Gasteiger partial charge in [0.05, 0.1) is 19.8 Å². The van der Waals surface area contributed by atoms with E-state index in [1.807, 2.05) is 0 Å². The summed E-state index contributed by atoms with van der Waals surface area (Å²) in [4.78, 5) is 16.2. The van der Waals surface area contributed by atoms with Gasteiger partial charge in [0, 0.05) is 6.08 Å². The summed E-state index contributed by atoms with van der Waals surface area (Å²) in [6.07, 6.45) is -3.40. The number of nitrogens with zero attached hydrogens (tertiary/aromatic N) is 2. The molecule has 2 fully saturated rings. The van der Waals surface area contributed by atoms with Gasteiger partial charge in [-0.15, -0.1) is 9.48 Å². The number of hydrogen-bond acceptors (Lipinski definition) is 8. The van der Waals surface area contributed by atoms with Gasteiger partial charge < -0.3 is 35.3 Å². The number of carbonyl (C=O) groups is 1. The second-order valence-electron chi connectivity index (χ2n) is 5.25. The van der Waals surface area contributed by atoms with Crippen molar-refractivity contribution in [1.29, 1.82) is 0 Å². The second-order valence-corrected chi connectivity index (χ2v) is 5.25. The maximum Gasteiger partial charge on any atom is 0.455 e. The highest BCUT2D eigenvalue weighted by atomic mass is 16.7. The van der Waals surface area contributed by atoms with Crippen molar-refractivity contribution in [3.63, 3.8) is 0 Å². The van der Waals surface area contributed by atoms with Gasteiger partial charge in [-0.2, -0.15) is 0 Å². The molecule has 3 rings (SSSR count). The molecule has 1 unspecified atom stereocenters. The first-order valence-electron chi connectivity index (χ1n) is 6.82. The fraction of sp³-hybridized carbons (Fsp3) is 0.667. The molecule has 0 aromatic rings. The lowest BCUT2D eigenvalue weighted by Gasteiger charge is -2.39. The summed E-state index contributed by atoms with van der Waals surface area (Å²) in [6, 6.07) is -0.748. The van der Waals surface area contributed by atoms with Crippen LogP contribution in [0.3, 0.4) is 0 Å². The molecule has 10 heteroatoms. The van der Waals surface area contributed by atoms with E-state index in [2.05, 4.69) is 4.99 Å². The smallest absolute Gasteiger partial charge is 0.394 e. The fourth-order valence-electron chi connectivity index (χ4n) is 2.80. The predicted molar refractivity (Wildman–Crippen MR) is 69.9 cm³/mol. The topological polar surface area (TPSA) is 144 Å². The van der Waals surface area contributed by atoms with Crippen molar-refractivity contribution in [2.75, 3.05) is 19.8 Å². The van der Waals surface area contributed by atoms with E-state index in [1.54, 1.807) is 0 Å². The lowest BCUT2D eigenvalue weighted by Crippen LogP contribution is -2.65. The molecule has 3 heterocycles. The maximum absolute atomic E-state index is 12.5. The molecule has 3 aliphatic heterocycles. The molecule has 0 aliphatic carbocycles. The minimum atomic E-state index is -1.44. The van der Waals surface area contributed by atoms with Gasteiger partial charge in [0.1, 0.15) is 24.2 Å². The van der Waals surface area contributed by atoms with Crippen LogP contribution in [-0.2, 0) is 14.2 Å². The fourth-order valence-corrected chi connectivity index (χ4v) is 2.80. The van der Waals surface area contributed by atoms with Crippen LogP contribution in [0.1, 0.15) is 0 Å². The minimum absolute atomic E-state index is 0.00323. The molecule has 10 nitrogen and oxygen atoms in total. The predicted octanol–water partition coefficient (Wildman–Crippen LogP) is -2.42. The quantitative estimate of drug-likeness (QED) is 0.421. The molecule has 0 aromatic heterocycles. The number of amides is 2. The van der Waals surface area contributed by atoms with Crippen molar-refractivity contribution < 1.29 is 38.8 Å². The minimum Gasteiger partial charge on any atom is -0.394 e. The summed E-state index contributed by atoms with van der Waals surface area (Å²) in [7, 11) is 0. The van der Waals surface area contributed by atoms with Crippen molar-refractivity contribution in [3.05, 3.63) is 12.3 Å². The molecule has 22 heavy (non-hydrogen) atoms. The van der Waals surface area contributed by atoms with Crippen molar-refractivity contribution in [3.8, 4) is 0 Å². The maximum atomic E-state index is 12.5. The molecule has 122 valence electrons. The van der Waals surface area contributed by atoms with Gasteiger partial charge in [0.2, 0.25) is 6.23 Å². The number of aliphatic hydroxyl groups excluding tert-OH is 3. The van der Waals surface area contributed by atoms with E-state index >= 15 is 0 Å². The third kappa shape index (κ3) is 2.16. The Morgan fingerprint density at radius 2 is 2.00 bits per heavy atom. The Morgan fingerprint density at radius 3 is 2.55 bits per heavy atom. The van der Waals surface area contributed by atoms with Gasteiger partial charge in [0.15, 0.2) is 6.10 Å². The molecule has 0 radical (unpaired) electrons. The van der Waals surface area contributed by atoms with Crippen LogP contribution in [0.25, 0.3) is 0 Å². The Bertz CT molecular complexity index is 519. The standard InChI is InChI=1S/C12H17N3O7/c13-7-1-2-15(11(19)14-7,12-20-3-4-21-12)10-9(18)8(17)6(5-16)22-10/h1-2,6,8-10,12,16-18H,3-5H2,(H-,13,14,19)/p+1/t6-,8-,9-,10-,15?/m1/s1. The van der Waals surface area contributed by atoms with Crippen LogP contribution in [0, 0.1) is 0 Å². The number of nitrogens with two attached hydrogens (primary N) is 1. The van der Waals surface area contributed by atoms with E-state index in [4.69, 9.17) is 19.9 Å². The van der Waals surface area contributed by atoms with Gasteiger partial charge in [-0.05, 0) is 0 Å². The molecule has 3 aliphatic rings. The van der Waals surface area contributed by atoms with Crippen LogP contribution in [0.15, 0.2) is 17.3 Å². The normalized spacial score (nSPS) is 42.9.